The van der Waals surface area contributed by atoms with Gasteiger partial charge in [0.15, 0.2) is 7.59 Å². The van der Waals surface area contributed by atoms with E-state index in [9.17, 15) is 14.4 Å². The lowest BCUT2D eigenvalue weighted by atomic mass is 10.0. The van der Waals surface area contributed by atoms with Crippen LogP contribution in [-0.2, 0) is 19.1 Å². The van der Waals surface area contributed by atoms with E-state index in [1.165, 1.54) is 13.2 Å². The van der Waals surface area contributed by atoms with Gasteiger partial charge in [-0.2, -0.15) is 0 Å². The first-order valence-corrected chi connectivity index (χ1v) is 10.9. The van der Waals surface area contributed by atoms with Crippen molar-refractivity contribution < 1.29 is 19.1 Å². The van der Waals surface area contributed by atoms with Crippen molar-refractivity contribution in [1.29, 1.82) is 0 Å². The van der Waals surface area contributed by atoms with Crippen molar-refractivity contribution in [1.82, 2.24) is 10.2 Å². The molecular formula is C17H22Cl6N2O4. The Morgan fingerprint density at radius 1 is 1.14 bits per heavy atom. The molecule has 1 aliphatic rings. The van der Waals surface area contributed by atoms with Gasteiger partial charge in [-0.25, -0.2) is 0 Å². The molecular weight excluding hydrogens is 509 g/mol. The zero-order chi connectivity index (χ0) is 22.7. The fraction of sp³-hybridized carbons (Fsp3) is 0.706. The minimum absolute atomic E-state index is 0.0258. The molecule has 0 bridgehead atoms. The molecule has 1 rings (SSSR count). The molecule has 0 aromatic rings. The summed E-state index contributed by atoms with van der Waals surface area (Å²) in [5.74, 6) is -2.67. The summed E-state index contributed by atoms with van der Waals surface area (Å²) in [6.07, 6.45) is 1.03. The van der Waals surface area contributed by atoms with E-state index in [1.807, 2.05) is 0 Å². The highest BCUT2D eigenvalue weighted by molar-refractivity contribution is 6.68. The number of imide groups is 1. The molecule has 0 aromatic heterocycles. The van der Waals surface area contributed by atoms with E-state index in [2.05, 4.69) is 5.32 Å². The zero-order valence-electron chi connectivity index (χ0n) is 16.1. The van der Waals surface area contributed by atoms with Crippen LogP contribution >= 0.6 is 69.6 Å². The summed E-state index contributed by atoms with van der Waals surface area (Å²) in [7, 11) is 1.39. The van der Waals surface area contributed by atoms with Crippen LogP contribution in [0.1, 0.15) is 33.6 Å². The second-order valence-corrected chi connectivity index (χ2v) is 11.7. The molecule has 0 saturated heterocycles. The molecule has 1 heterocycles. The third-order valence-electron chi connectivity index (χ3n) is 4.61. The molecule has 4 atom stereocenters. The maximum atomic E-state index is 13.1. The Morgan fingerprint density at radius 2 is 1.66 bits per heavy atom. The first-order chi connectivity index (χ1) is 13.1. The molecule has 29 heavy (non-hydrogen) atoms. The van der Waals surface area contributed by atoms with Gasteiger partial charge in [0, 0.05) is 24.3 Å². The topological polar surface area (TPSA) is 75.7 Å². The van der Waals surface area contributed by atoms with Gasteiger partial charge in [-0.1, -0.05) is 83.5 Å². The number of amides is 3. The van der Waals surface area contributed by atoms with Gasteiger partial charge in [0.25, 0.3) is 11.8 Å². The molecule has 3 amide bonds. The molecule has 0 radical (unpaired) electrons. The zero-order valence-corrected chi connectivity index (χ0v) is 20.7. The summed E-state index contributed by atoms with van der Waals surface area (Å²) in [5.41, 5.74) is 0. The summed E-state index contributed by atoms with van der Waals surface area (Å²) in [4.78, 5) is 38.8. The Balaban J connectivity index is 3.04. The van der Waals surface area contributed by atoms with Crippen LogP contribution in [0.25, 0.3) is 0 Å². The van der Waals surface area contributed by atoms with Gasteiger partial charge in [-0.3, -0.25) is 19.3 Å². The lowest BCUT2D eigenvalue weighted by molar-refractivity contribution is -0.146. The fourth-order valence-electron chi connectivity index (χ4n) is 2.68. The number of halogens is 6. The van der Waals surface area contributed by atoms with E-state index in [0.29, 0.717) is 5.76 Å². The minimum Gasteiger partial charge on any atom is -0.499 e. The summed E-state index contributed by atoms with van der Waals surface area (Å²) in [6, 6.07) is -1.77. The van der Waals surface area contributed by atoms with E-state index >= 15 is 0 Å². The monoisotopic (exact) mass is 528 g/mol. The molecule has 2 unspecified atom stereocenters. The number of hydrogen-bond acceptors (Lipinski definition) is 4. The predicted molar refractivity (Wildman–Crippen MR) is 116 cm³/mol. The number of methoxy groups -OCH3 is 1. The van der Waals surface area contributed by atoms with Crippen LogP contribution in [0.15, 0.2) is 11.8 Å². The maximum absolute atomic E-state index is 13.1. The molecule has 1 N–H and O–H groups in total. The van der Waals surface area contributed by atoms with Crippen LogP contribution in [0.2, 0.25) is 0 Å². The van der Waals surface area contributed by atoms with Crippen LogP contribution < -0.4 is 5.32 Å². The number of carbonyl (C=O) groups is 3. The normalized spacial score (nSPS) is 20.8. The highest BCUT2D eigenvalue weighted by Gasteiger charge is 2.41. The molecule has 6 nitrogen and oxygen atoms in total. The number of rotatable bonds is 7. The van der Waals surface area contributed by atoms with Crippen molar-refractivity contribution in [2.45, 2.75) is 53.3 Å². The third kappa shape index (κ3) is 7.51. The van der Waals surface area contributed by atoms with E-state index in [4.69, 9.17) is 74.3 Å². The van der Waals surface area contributed by atoms with E-state index in [-0.39, 0.29) is 12.8 Å². The van der Waals surface area contributed by atoms with Gasteiger partial charge in [0.2, 0.25) is 5.91 Å². The van der Waals surface area contributed by atoms with E-state index in [0.717, 1.165) is 4.90 Å². The summed E-state index contributed by atoms with van der Waals surface area (Å²) < 4.78 is 1.78. The average molecular weight is 531 g/mol. The number of ether oxygens (including phenoxy) is 1. The quantitative estimate of drug-likeness (QED) is 0.490. The predicted octanol–water partition coefficient (Wildman–Crippen LogP) is 4.55. The number of nitrogens with one attached hydrogen (secondary N) is 1. The third-order valence-corrected chi connectivity index (χ3v) is 6.84. The largest absolute Gasteiger partial charge is 0.499 e. The maximum Gasteiger partial charge on any atom is 0.257 e. The molecule has 0 saturated carbocycles. The Hall–Kier alpha value is -0.110. The van der Waals surface area contributed by atoms with Crippen molar-refractivity contribution in [3.05, 3.63) is 11.8 Å². The van der Waals surface area contributed by atoms with Gasteiger partial charge < -0.3 is 10.1 Å². The smallest absolute Gasteiger partial charge is 0.257 e. The summed E-state index contributed by atoms with van der Waals surface area (Å²) in [6.45, 7) is 4.81. The average Bonchev–Trinajstić information content (AvgIpc) is 2.85. The molecule has 1 aliphatic heterocycles. The van der Waals surface area contributed by atoms with Crippen molar-refractivity contribution in [3.8, 4) is 0 Å². The molecule has 166 valence electrons. The standard InChI is InChI=1S/C17H22Cl6N2O4/c1-8(16(18,19)20)5-11(24-13(26)6-9(2)17(21,22)23)15(28)25-10(3)12(29-4)7-14(25)27/h7-11H,5-6H2,1-4H3,(H,24,26)/t8-,9?,10+,11?/m1/s1. The lowest BCUT2D eigenvalue weighted by Gasteiger charge is -2.30. The fourth-order valence-corrected chi connectivity index (χ4v) is 3.18. The molecule has 0 spiro atoms. The first kappa shape index (κ1) is 26.9. The second kappa shape index (κ2) is 10.5. The van der Waals surface area contributed by atoms with Gasteiger partial charge >= 0.3 is 0 Å². The highest BCUT2D eigenvalue weighted by atomic mass is 35.6. The van der Waals surface area contributed by atoms with Crippen LogP contribution in [0.3, 0.4) is 0 Å². The SMILES string of the molecule is COC1=CC(=O)N(C(=O)C(C[C@@H](C)C(Cl)(Cl)Cl)NC(=O)CC(C)C(Cl)(Cl)Cl)[C@H]1C. The molecule has 0 fully saturated rings. The van der Waals surface area contributed by atoms with Crippen LogP contribution in [0.4, 0.5) is 0 Å². The number of alkyl halides is 6. The summed E-state index contributed by atoms with van der Waals surface area (Å²) in [5, 5.41) is 2.58. The van der Waals surface area contributed by atoms with Gasteiger partial charge in [-0.05, 0) is 13.3 Å². The van der Waals surface area contributed by atoms with Crippen molar-refractivity contribution >= 4 is 87.3 Å². The summed E-state index contributed by atoms with van der Waals surface area (Å²) >= 11 is 35.2. The lowest BCUT2D eigenvalue weighted by Crippen LogP contribution is -2.53. The van der Waals surface area contributed by atoms with Crippen LogP contribution in [-0.4, -0.2) is 49.4 Å². The molecule has 12 heteroatoms. The second-order valence-electron chi connectivity index (χ2n) is 6.92. The van der Waals surface area contributed by atoms with Crippen molar-refractivity contribution in [3.63, 3.8) is 0 Å². The Morgan fingerprint density at radius 3 is 2.07 bits per heavy atom. The Bertz CT molecular complexity index is 674. The van der Waals surface area contributed by atoms with Gasteiger partial charge in [-0.15, -0.1) is 0 Å². The Kier molecular flexibility index (Phi) is 9.72. The first-order valence-electron chi connectivity index (χ1n) is 8.65. The molecule has 0 aliphatic carbocycles. The van der Waals surface area contributed by atoms with Crippen LogP contribution in [0, 0.1) is 11.8 Å². The number of carbonyl (C=O) groups excluding carboxylic acids is 3. The van der Waals surface area contributed by atoms with Crippen molar-refractivity contribution in [2.75, 3.05) is 7.11 Å². The highest BCUT2D eigenvalue weighted by Crippen LogP contribution is 2.38. The van der Waals surface area contributed by atoms with Crippen LogP contribution in [0.5, 0.6) is 0 Å². The number of hydrogen-bond donors (Lipinski definition) is 1. The van der Waals surface area contributed by atoms with Gasteiger partial charge in [0.05, 0.1) is 13.2 Å². The Labute approximate surface area is 200 Å². The molecule has 0 aromatic carbocycles. The number of nitrogens with zero attached hydrogens (tertiary/aromatic N) is 1. The van der Waals surface area contributed by atoms with E-state index < -0.39 is 49.2 Å². The van der Waals surface area contributed by atoms with Gasteiger partial charge in [0.1, 0.15) is 11.8 Å². The van der Waals surface area contributed by atoms with E-state index in [1.54, 1.807) is 20.8 Å². The minimum atomic E-state index is -1.68. The van der Waals surface area contributed by atoms with Crippen molar-refractivity contribution in [2.24, 2.45) is 11.8 Å².